The Labute approximate surface area is 308 Å². The van der Waals surface area contributed by atoms with E-state index in [1.54, 1.807) is 28.4 Å². The minimum absolute atomic E-state index is 0.0341. The van der Waals surface area contributed by atoms with Gasteiger partial charge in [0.1, 0.15) is 0 Å². The molecule has 270 valence electrons. The molecular weight excluding hydrogens is 670 g/mol. The number of para-hydroxylation sites is 2. The zero-order chi connectivity index (χ0) is 36.9. The number of carbonyl (C=O) groups excluding carboxylic acids is 2. The molecule has 3 heterocycles. The molecule has 1 aliphatic heterocycles. The fourth-order valence-electron chi connectivity index (χ4n) is 6.77. The van der Waals surface area contributed by atoms with Crippen molar-refractivity contribution in [1.82, 2.24) is 25.1 Å². The highest BCUT2D eigenvalue weighted by atomic mass is 16.5. The molecule has 1 fully saturated rings. The Balaban J connectivity index is 1.02. The summed E-state index contributed by atoms with van der Waals surface area (Å²) in [6, 6.07) is 30.3. The van der Waals surface area contributed by atoms with Gasteiger partial charge >= 0.3 is 0 Å². The van der Waals surface area contributed by atoms with E-state index in [2.05, 4.69) is 10.2 Å². The van der Waals surface area contributed by atoms with Gasteiger partial charge in [-0.05, 0) is 60.7 Å². The first-order chi connectivity index (χ1) is 25.9. The largest absolute Gasteiger partial charge is 0.493 e. The van der Waals surface area contributed by atoms with Crippen LogP contribution < -0.4 is 24.3 Å². The number of nitrogens with zero attached hydrogens (tertiary/aromatic N) is 4. The van der Waals surface area contributed by atoms with Crippen LogP contribution in [-0.2, 0) is 0 Å². The molecule has 11 heteroatoms. The summed E-state index contributed by atoms with van der Waals surface area (Å²) >= 11 is 0. The van der Waals surface area contributed by atoms with Gasteiger partial charge in [-0.25, -0.2) is 9.97 Å². The Kier molecular flexibility index (Phi) is 10.4. The van der Waals surface area contributed by atoms with Crippen molar-refractivity contribution in [1.29, 1.82) is 0 Å². The predicted octanol–water partition coefficient (Wildman–Crippen LogP) is 6.34. The second-order valence-electron chi connectivity index (χ2n) is 12.7. The van der Waals surface area contributed by atoms with E-state index in [0.717, 1.165) is 32.9 Å². The summed E-state index contributed by atoms with van der Waals surface area (Å²) in [6.45, 7) is 3.63. The molecule has 11 nitrogen and oxygen atoms in total. The smallest absolute Gasteiger partial charge is 0.254 e. The van der Waals surface area contributed by atoms with Gasteiger partial charge in [0.05, 0.1) is 62.0 Å². The number of ether oxygens (including phenoxy) is 4. The van der Waals surface area contributed by atoms with Crippen molar-refractivity contribution in [2.45, 2.75) is 0 Å². The lowest BCUT2D eigenvalue weighted by Crippen LogP contribution is -2.50. The van der Waals surface area contributed by atoms with Crippen molar-refractivity contribution in [2.75, 3.05) is 67.7 Å². The molecule has 0 saturated carbocycles. The average Bonchev–Trinajstić information content (AvgIpc) is 3.22. The zero-order valence-electron chi connectivity index (χ0n) is 30.2. The van der Waals surface area contributed by atoms with Crippen molar-refractivity contribution in [2.24, 2.45) is 0 Å². The van der Waals surface area contributed by atoms with Crippen molar-refractivity contribution in [3.8, 4) is 45.5 Å². The van der Waals surface area contributed by atoms with E-state index >= 15 is 0 Å². The van der Waals surface area contributed by atoms with Gasteiger partial charge in [0.15, 0.2) is 23.0 Å². The molecule has 0 spiro atoms. The Morgan fingerprint density at radius 3 is 1.62 bits per heavy atom. The van der Waals surface area contributed by atoms with Crippen LogP contribution in [0.25, 0.3) is 44.3 Å². The van der Waals surface area contributed by atoms with E-state index in [1.807, 2.05) is 102 Å². The molecule has 0 unspecified atom stereocenters. The third-order valence-electron chi connectivity index (χ3n) is 9.64. The van der Waals surface area contributed by atoms with Crippen LogP contribution in [0.3, 0.4) is 0 Å². The second kappa shape index (κ2) is 15.6. The highest BCUT2D eigenvalue weighted by Crippen LogP contribution is 2.35. The number of piperazine rings is 1. The summed E-state index contributed by atoms with van der Waals surface area (Å²) in [7, 11) is 6.38. The van der Waals surface area contributed by atoms with Crippen LogP contribution in [0.15, 0.2) is 97.1 Å². The fourth-order valence-corrected chi connectivity index (χ4v) is 6.77. The maximum Gasteiger partial charge on any atom is 0.254 e. The number of carbonyl (C=O) groups is 2. The molecule has 4 aromatic carbocycles. The highest BCUT2D eigenvalue weighted by molar-refractivity contribution is 6.08. The number of nitrogens with one attached hydrogen (secondary N) is 1. The standard InChI is InChI=1S/C42H41N5O6/c1-50-37-15-13-27(23-39(37)52-3)35-25-31(29-9-5-7-11-33(29)44-35)41(48)43-17-18-46-19-21-47(22-20-46)42(49)32-26-36(45-34-12-8-6-10-30(32)34)28-14-16-38(51-2)40(24-28)53-4/h5-16,23-26H,17-22H2,1-4H3,(H,43,48). The first-order valence-corrected chi connectivity index (χ1v) is 17.4. The molecule has 2 amide bonds. The number of amides is 2. The van der Waals surface area contributed by atoms with Gasteiger partial charge < -0.3 is 29.2 Å². The highest BCUT2D eigenvalue weighted by Gasteiger charge is 2.25. The number of hydrogen-bond donors (Lipinski definition) is 1. The third kappa shape index (κ3) is 7.29. The van der Waals surface area contributed by atoms with Gasteiger partial charge in [-0.15, -0.1) is 0 Å². The summed E-state index contributed by atoms with van der Waals surface area (Å²) in [5.41, 5.74) is 5.61. The predicted molar refractivity (Wildman–Crippen MR) is 205 cm³/mol. The number of rotatable bonds is 11. The number of hydrogen-bond acceptors (Lipinski definition) is 9. The average molecular weight is 712 g/mol. The minimum Gasteiger partial charge on any atom is -0.493 e. The van der Waals surface area contributed by atoms with Gasteiger partial charge in [0, 0.05) is 61.2 Å². The maximum absolute atomic E-state index is 14.1. The van der Waals surface area contributed by atoms with Crippen LogP contribution in [0.2, 0.25) is 0 Å². The molecule has 0 bridgehead atoms. The lowest BCUT2D eigenvalue weighted by atomic mass is 10.0. The van der Waals surface area contributed by atoms with Crippen LogP contribution in [-0.4, -0.2) is 99.3 Å². The Hall–Kier alpha value is -6.20. The van der Waals surface area contributed by atoms with Crippen molar-refractivity contribution in [3.63, 3.8) is 0 Å². The second-order valence-corrected chi connectivity index (χ2v) is 12.7. The quantitative estimate of drug-likeness (QED) is 0.165. The SMILES string of the molecule is COc1ccc(-c2cc(C(=O)NCCN3CCN(C(=O)c4cc(-c5ccc(OC)c(OC)c5)nc5ccccc45)CC3)c3ccccc3n2)cc1OC. The first-order valence-electron chi connectivity index (χ1n) is 17.4. The number of pyridine rings is 2. The monoisotopic (exact) mass is 711 g/mol. The molecule has 0 atom stereocenters. The molecule has 1 saturated heterocycles. The number of benzene rings is 4. The molecule has 1 aliphatic rings. The number of methoxy groups -OCH3 is 4. The van der Waals surface area contributed by atoms with Gasteiger partial charge in [-0.3, -0.25) is 14.5 Å². The summed E-state index contributed by atoms with van der Waals surface area (Å²) in [6.07, 6.45) is 0. The first kappa shape index (κ1) is 35.2. The number of aromatic nitrogens is 2. The minimum atomic E-state index is -0.172. The van der Waals surface area contributed by atoms with Crippen LogP contribution >= 0.6 is 0 Å². The summed E-state index contributed by atoms with van der Waals surface area (Å²) in [5, 5.41) is 4.70. The van der Waals surface area contributed by atoms with Gasteiger partial charge in [0.25, 0.3) is 11.8 Å². The molecule has 0 radical (unpaired) electrons. The van der Waals surface area contributed by atoms with Gasteiger partial charge in [-0.2, -0.15) is 0 Å². The van der Waals surface area contributed by atoms with E-state index < -0.39 is 0 Å². The topological polar surface area (TPSA) is 115 Å². The van der Waals surface area contributed by atoms with Crippen LogP contribution in [0.1, 0.15) is 20.7 Å². The molecular formula is C42H41N5O6. The lowest BCUT2D eigenvalue weighted by Gasteiger charge is -2.35. The third-order valence-corrected chi connectivity index (χ3v) is 9.64. The molecule has 7 rings (SSSR count). The van der Waals surface area contributed by atoms with Crippen LogP contribution in [0.4, 0.5) is 0 Å². The maximum atomic E-state index is 14.1. The van der Waals surface area contributed by atoms with Gasteiger partial charge in [-0.1, -0.05) is 36.4 Å². The van der Waals surface area contributed by atoms with Gasteiger partial charge in [0.2, 0.25) is 0 Å². The van der Waals surface area contributed by atoms with E-state index in [0.29, 0.717) is 84.8 Å². The molecule has 2 aromatic heterocycles. The van der Waals surface area contributed by atoms with E-state index in [-0.39, 0.29) is 11.8 Å². The van der Waals surface area contributed by atoms with E-state index in [1.165, 1.54) is 0 Å². The van der Waals surface area contributed by atoms with Crippen molar-refractivity contribution < 1.29 is 28.5 Å². The summed E-state index contributed by atoms with van der Waals surface area (Å²) in [5.74, 6) is 2.21. The summed E-state index contributed by atoms with van der Waals surface area (Å²) < 4.78 is 21.8. The normalized spacial score (nSPS) is 13.2. The lowest BCUT2D eigenvalue weighted by molar-refractivity contribution is 0.0640. The molecule has 0 aliphatic carbocycles. The van der Waals surface area contributed by atoms with Crippen LogP contribution in [0, 0.1) is 0 Å². The molecule has 6 aromatic rings. The molecule has 1 N–H and O–H groups in total. The summed E-state index contributed by atoms with van der Waals surface area (Å²) in [4.78, 5) is 41.6. The number of fused-ring (bicyclic) bond motifs is 2. The fraction of sp³-hybridized carbons (Fsp3) is 0.238. The van der Waals surface area contributed by atoms with Crippen LogP contribution in [0.5, 0.6) is 23.0 Å². The van der Waals surface area contributed by atoms with Crippen molar-refractivity contribution >= 4 is 33.6 Å². The Bertz CT molecular complexity index is 2300. The zero-order valence-corrected chi connectivity index (χ0v) is 30.2. The Morgan fingerprint density at radius 2 is 1.09 bits per heavy atom. The Morgan fingerprint density at radius 1 is 0.604 bits per heavy atom. The van der Waals surface area contributed by atoms with E-state index in [4.69, 9.17) is 28.9 Å². The van der Waals surface area contributed by atoms with Crippen molar-refractivity contribution in [3.05, 3.63) is 108 Å². The molecule has 53 heavy (non-hydrogen) atoms. The van der Waals surface area contributed by atoms with E-state index in [9.17, 15) is 9.59 Å².